The van der Waals surface area contributed by atoms with E-state index in [0.717, 1.165) is 11.1 Å². The number of amides is 2. The van der Waals surface area contributed by atoms with Gasteiger partial charge in [0.25, 0.3) is 5.91 Å². The van der Waals surface area contributed by atoms with Gasteiger partial charge in [-0.05, 0) is 37.1 Å². The summed E-state index contributed by atoms with van der Waals surface area (Å²) in [5, 5.41) is 5.34. The van der Waals surface area contributed by atoms with Gasteiger partial charge in [-0.3, -0.25) is 9.59 Å². The number of carbonyl (C=O) groups excluding carboxylic acids is 2. The minimum absolute atomic E-state index is 0.0428. The Morgan fingerprint density at radius 2 is 1.82 bits per heavy atom. The fourth-order valence-electron chi connectivity index (χ4n) is 2.92. The Labute approximate surface area is 192 Å². The molecule has 0 aliphatic rings. The van der Waals surface area contributed by atoms with Gasteiger partial charge in [-0.25, -0.2) is 9.37 Å². The molecule has 174 valence electrons. The molecule has 0 bridgehead atoms. The third-order valence-electron chi connectivity index (χ3n) is 4.77. The van der Waals surface area contributed by atoms with E-state index in [-0.39, 0.29) is 12.4 Å². The van der Waals surface area contributed by atoms with Crippen LogP contribution in [-0.2, 0) is 27.5 Å². The summed E-state index contributed by atoms with van der Waals surface area (Å²) in [6, 6.07) is 14.7. The molecular formula is C24H28FN5O3. The van der Waals surface area contributed by atoms with Crippen LogP contribution >= 0.6 is 0 Å². The van der Waals surface area contributed by atoms with Crippen molar-refractivity contribution in [3.8, 4) is 0 Å². The zero-order chi connectivity index (χ0) is 23.8. The van der Waals surface area contributed by atoms with Crippen molar-refractivity contribution in [3.63, 3.8) is 0 Å². The van der Waals surface area contributed by atoms with Crippen LogP contribution in [0.25, 0.3) is 0 Å². The van der Waals surface area contributed by atoms with E-state index in [4.69, 9.17) is 10.5 Å². The minimum Gasteiger partial charge on any atom is -0.374 e. The van der Waals surface area contributed by atoms with Crippen molar-refractivity contribution >= 4 is 17.6 Å². The van der Waals surface area contributed by atoms with Gasteiger partial charge in [0.1, 0.15) is 11.9 Å². The normalized spacial score (nSPS) is 12.2. The lowest BCUT2D eigenvalue weighted by molar-refractivity contribution is -0.130. The van der Waals surface area contributed by atoms with Gasteiger partial charge in [-0.2, -0.15) is 0 Å². The molecule has 0 radical (unpaired) electrons. The fraction of sp³-hybridized carbons (Fsp3) is 0.292. The van der Waals surface area contributed by atoms with Crippen LogP contribution in [0.15, 0.2) is 67.1 Å². The molecule has 1 heterocycles. The molecule has 8 nitrogen and oxygen atoms in total. The molecule has 3 aromatic rings. The standard InChI is InChI=1S/C24H28FN5O3/c1-24(2,26)23(32)28-20(15-33-14-18-6-4-3-5-7-18)22(31)29-21-13-30(16-27-21)12-17-8-10-19(25)11-9-17/h3-11,13,16,20H,12,14-15,26H2,1-2H3,(H,28,32)(H,29,31). The maximum Gasteiger partial charge on any atom is 0.250 e. The Morgan fingerprint density at radius 1 is 1.12 bits per heavy atom. The van der Waals surface area contributed by atoms with Crippen molar-refractivity contribution in [2.75, 3.05) is 11.9 Å². The summed E-state index contributed by atoms with van der Waals surface area (Å²) in [4.78, 5) is 29.4. The first-order chi connectivity index (χ1) is 15.7. The van der Waals surface area contributed by atoms with E-state index in [1.54, 1.807) is 43.1 Å². The average Bonchev–Trinajstić information content (AvgIpc) is 3.21. The summed E-state index contributed by atoms with van der Waals surface area (Å²) in [6.07, 6.45) is 3.21. The largest absolute Gasteiger partial charge is 0.374 e. The number of imidazole rings is 1. The van der Waals surface area contributed by atoms with E-state index in [9.17, 15) is 14.0 Å². The molecule has 2 aromatic carbocycles. The second-order valence-electron chi connectivity index (χ2n) is 8.30. The van der Waals surface area contributed by atoms with Gasteiger partial charge >= 0.3 is 0 Å². The number of rotatable bonds is 10. The van der Waals surface area contributed by atoms with Gasteiger partial charge in [-0.1, -0.05) is 42.5 Å². The van der Waals surface area contributed by atoms with Gasteiger partial charge in [0.15, 0.2) is 5.82 Å². The van der Waals surface area contributed by atoms with Crippen LogP contribution in [0.4, 0.5) is 10.2 Å². The topological polar surface area (TPSA) is 111 Å². The number of nitrogens with zero attached hydrogens (tertiary/aromatic N) is 2. The fourth-order valence-corrected chi connectivity index (χ4v) is 2.92. The zero-order valence-corrected chi connectivity index (χ0v) is 18.6. The number of anilines is 1. The molecule has 9 heteroatoms. The van der Waals surface area contributed by atoms with Gasteiger partial charge in [-0.15, -0.1) is 0 Å². The molecule has 0 aliphatic carbocycles. The summed E-state index contributed by atoms with van der Waals surface area (Å²) in [6.45, 7) is 3.82. The predicted molar refractivity (Wildman–Crippen MR) is 123 cm³/mol. The number of halogens is 1. The summed E-state index contributed by atoms with van der Waals surface area (Å²) in [5.41, 5.74) is 6.54. The molecular weight excluding hydrogens is 425 g/mol. The van der Waals surface area contributed by atoms with Crippen LogP contribution in [0.5, 0.6) is 0 Å². The average molecular weight is 454 g/mol. The van der Waals surface area contributed by atoms with Gasteiger partial charge in [0.05, 0.1) is 25.1 Å². The number of nitrogens with one attached hydrogen (secondary N) is 2. The summed E-state index contributed by atoms with van der Waals surface area (Å²) >= 11 is 0. The van der Waals surface area contributed by atoms with Crippen LogP contribution in [0.3, 0.4) is 0 Å². The molecule has 2 amide bonds. The number of hydrogen-bond donors (Lipinski definition) is 3. The Kier molecular flexibility index (Phi) is 7.92. The molecule has 1 aromatic heterocycles. The van der Waals surface area contributed by atoms with E-state index < -0.39 is 23.4 Å². The van der Waals surface area contributed by atoms with Crippen molar-refractivity contribution in [2.45, 2.75) is 38.6 Å². The SMILES string of the molecule is CC(C)(N)C(=O)NC(COCc1ccccc1)C(=O)Nc1cn(Cc2ccc(F)cc2)cn1. The Balaban J connectivity index is 1.62. The molecule has 3 rings (SSSR count). The second kappa shape index (κ2) is 10.8. The number of carbonyl (C=O) groups is 2. The first-order valence-electron chi connectivity index (χ1n) is 10.5. The first-order valence-corrected chi connectivity index (χ1v) is 10.5. The van der Waals surface area contributed by atoms with Crippen molar-refractivity contribution in [2.24, 2.45) is 5.73 Å². The Bertz CT molecular complexity index is 1060. The first kappa shape index (κ1) is 24.1. The zero-order valence-electron chi connectivity index (χ0n) is 18.6. The number of nitrogens with two attached hydrogens (primary N) is 1. The van der Waals surface area contributed by atoms with Crippen molar-refractivity contribution in [3.05, 3.63) is 84.1 Å². The highest BCUT2D eigenvalue weighted by atomic mass is 19.1. The lowest BCUT2D eigenvalue weighted by Crippen LogP contribution is -2.56. The molecule has 4 N–H and O–H groups in total. The number of hydrogen-bond acceptors (Lipinski definition) is 5. The molecule has 0 fully saturated rings. The number of ether oxygens (including phenoxy) is 1. The monoisotopic (exact) mass is 453 g/mol. The number of aromatic nitrogens is 2. The lowest BCUT2D eigenvalue weighted by Gasteiger charge is -2.23. The molecule has 1 unspecified atom stereocenters. The van der Waals surface area contributed by atoms with Crippen LogP contribution in [0.1, 0.15) is 25.0 Å². The molecule has 0 saturated carbocycles. The maximum atomic E-state index is 13.1. The van der Waals surface area contributed by atoms with Gasteiger partial charge in [0.2, 0.25) is 5.91 Å². The van der Waals surface area contributed by atoms with Crippen LogP contribution in [-0.4, -0.2) is 39.6 Å². The summed E-state index contributed by atoms with van der Waals surface area (Å²) < 4.78 is 20.5. The van der Waals surface area contributed by atoms with Crippen LogP contribution < -0.4 is 16.4 Å². The van der Waals surface area contributed by atoms with Crippen molar-refractivity contribution in [1.29, 1.82) is 0 Å². The Hall–Kier alpha value is -3.56. The van der Waals surface area contributed by atoms with Crippen molar-refractivity contribution in [1.82, 2.24) is 14.9 Å². The summed E-state index contributed by atoms with van der Waals surface area (Å²) in [5.74, 6) is -0.947. The summed E-state index contributed by atoms with van der Waals surface area (Å²) in [7, 11) is 0. The molecule has 33 heavy (non-hydrogen) atoms. The van der Waals surface area contributed by atoms with E-state index in [0.29, 0.717) is 19.0 Å². The maximum absolute atomic E-state index is 13.1. The number of benzene rings is 2. The predicted octanol–water partition coefficient (Wildman–Crippen LogP) is 2.45. The van der Waals surface area contributed by atoms with Gasteiger partial charge < -0.3 is 25.7 Å². The molecule has 0 spiro atoms. The Morgan fingerprint density at radius 3 is 2.48 bits per heavy atom. The van der Waals surface area contributed by atoms with E-state index >= 15 is 0 Å². The highest BCUT2D eigenvalue weighted by Gasteiger charge is 2.28. The minimum atomic E-state index is -1.16. The van der Waals surface area contributed by atoms with E-state index in [1.807, 2.05) is 30.3 Å². The molecule has 0 saturated heterocycles. The van der Waals surface area contributed by atoms with Crippen LogP contribution in [0.2, 0.25) is 0 Å². The van der Waals surface area contributed by atoms with Crippen LogP contribution in [0, 0.1) is 5.82 Å². The third-order valence-corrected chi connectivity index (χ3v) is 4.77. The van der Waals surface area contributed by atoms with Gasteiger partial charge in [0, 0.05) is 12.7 Å². The quantitative estimate of drug-likeness (QED) is 0.437. The smallest absolute Gasteiger partial charge is 0.250 e. The van der Waals surface area contributed by atoms with Crippen molar-refractivity contribution < 1.29 is 18.7 Å². The highest BCUT2D eigenvalue weighted by Crippen LogP contribution is 2.10. The second-order valence-corrected chi connectivity index (χ2v) is 8.30. The van der Waals surface area contributed by atoms with E-state index in [2.05, 4.69) is 15.6 Å². The van der Waals surface area contributed by atoms with E-state index in [1.165, 1.54) is 12.1 Å². The third kappa shape index (κ3) is 7.51. The molecule has 0 aliphatic heterocycles. The highest BCUT2D eigenvalue weighted by molar-refractivity contribution is 5.97. The molecule has 1 atom stereocenters. The lowest BCUT2D eigenvalue weighted by atomic mass is 10.1.